The topological polar surface area (TPSA) is 20.3 Å². The zero-order chi connectivity index (χ0) is 14.6. The summed E-state index contributed by atoms with van der Waals surface area (Å²) in [4.78, 5) is 12.7. The van der Waals surface area contributed by atoms with Gasteiger partial charge < -0.3 is 4.90 Å². The fraction of sp³-hybridized carbons (Fsp3) is 0.357. The molecule has 0 unspecified atom stereocenters. The van der Waals surface area contributed by atoms with Crippen LogP contribution < -0.4 is 0 Å². The Bertz CT molecular complexity index is 480. The molecule has 0 saturated carbocycles. The van der Waals surface area contributed by atoms with Crippen molar-refractivity contribution in [3.63, 3.8) is 0 Å². The predicted octanol–water partition coefficient (Wildman–Crippen LogP) is 3.23. The molecule has 0 aliphatic rings. The molecule has 1 aromatic rings. The summed E-state index contributed by atoms with van der Waals surface area (Å²) in [6, 6.07) is 3.06. The molecule has 1 aromatic carbocycles. The second-order valence-electron chi connectivity index (χ2n) is 4.85. The van der Waals surface area contributed by atoms with Gasteiger partial charge in [-0.2, -0.15) is 0 Å². The first-order valence-electron chi connectivity index (χ1n) is 5.77. The summed E-state index contributed by atoms with van der Waals surface area (Å²) in [7, 11) is 0. The van der Waals surface area contributed by atoms with E-state index in [0.29, 0.717) is 0 Å². The van der Waals surface area contributed by atoms with E-state index in [-0.39, 0.29) is 18.7 Å². The number of halogens is 3. The third-order valence-electron chi connectivity index (χ3n) is 2.43. The van der Waals surface area contributed by atoms with Crippen LogP contribution >= 0.6 is 0 Å². The van der Waals surface area contributed by atoms with Crippen LogP contribution in [0.15, 0.2) is 30.9 Å². The molecule has 5 heteroatoms. The van der Waals surface area contributed by atoms with Crippen molar-refractivity contribution >= 4 is 5.91 Å². The molecule has 0 aliphatic heterocycles. The Balaban J connectivity index is 2.94. The lowest BCUT2D eigenvalue weighted by molar-refractivity contribution is -0.128. The SMILES string of the molecule is C=CC(=O)N(Cc1ccc(F)cc1F)CC(C)(C)F. The summed E-state index contributed by atoms with van der Waals surface area (Å²) in [6.45, 7) is 5.62. The lowest BCUT2D eigenvalue weighted by Gasteiger charge is -2.27. The van der Waals surface area contributed by atoms with Gasteiger partial charge >= 0.3 is 0 Å². The zero-order valence-electron chi connectivity index (χ0n) is 10.9. The standard InChI is InChI=1S/C14H16F3NO/c1-4-13(19)18(9-14(2,3)17)8-10-5-6-11(15)7-12(10)16/h4-7H,1,8-9H2,2-3H3. The first kappa shape index (κ1) is 15.3. The normalized spacial score (nSPS) is 11.2. The highest BCUT2D eigenvalue weighted by molar-refractivity contribution is 5.87. The van der Waals surface area contributed by atoms with Gasteiger partial charge in [-0.1, -0.05) is 12.6 Å². The van der Waals surface area contributed by atoms with E-state index >= 15 is 0 Å². The molecule has 2 nitrogen and oxygen atoms in total. The van der Waals surface area contributed by atoms with Crippen molar-refractivity contribution in [1.82, 2.24) is 4.90 Å². The Labute approximate surface area is 110 Å². The summed E-state index contributed by atoms with van der Waals surface area (Å²) >= 11 is 0. The van der Waals surface area contributed by atoms with Crippen LogP contribution in [0.1, 0.15) is 19.4 Å². The van der Waals surface area contributed by atoms with Crippen molar-refractivity contribution in [2.24, 2.45) is 0 Å². The van der Waals surface area contributed by atoms with E-state index in [9.17, 15) is 18.0 Å². The molecular formula is C14H16F3NO. The van der Waals surface area contributed by atoms with Crippen LogP contribution in [0.25, 0.3) is 0 Å². The second kappa shape index (κ2) is 5.91. The summed E-state index contributed by atoms with van der Waals surface area (Å²) in [6.07, 6.45) is 1.03. The fourth-order valence-electron chi connectivity index (χ4n) is 1.65. The molecule has 0 fully saturated rings. The Morgan fingerprint density at radius 1 is 1.42 bits per heavy atom. The summed E-state index contributed by atoms with van der Waals surface area (Å²) < 4.78 is 39.9. The van der Waals surface area contributed by atoms with Crippen molar-refractivity contribution in [2.75, 3.05) is 6.54 Å². The molecule has 1 rings (SSSR count). The van der Waals surface area contributed by atoms with Gasteiger partial charge in [0.1, 0.15) is 17.3 Å². The monoisotopic (exact) mass is 271 g/mol. The Morgan fingerprint density at radius 3 is 2.53 bits per heavy atom. The number of nitrogens with zero attached hydrogens (tertiary/aromatic N) is 1. The van der Waals surface area contributed by atoms with Crippen molar-refractivity contribution in [3.05, 3.63) is 48.1 Å². The van der Waals surface area contributed by atoms with Gasteiger partial charge in [-0.05, 0) is 26.0 Å². The molecular weight excluding hydrogens is 255 g/mol. The molecule has 0 aliphatic carbocycles. The van der Waals surface area contributed by atoms with Crippen molar-refractivity contribution < 1.29 is 18.0 Å². The molecule has 0 N–H and O–H groups in total. The molecule has 1 amide bonds. The number of carbonyl (C=O) groups excluding carboxylic acids is 1. The minimum atomic E-state index is -1.62. The van der Waals surface area contributed by atoms with Gasteiger partial charge in [0, 0.05) is 18.2 Å². The molecule has 0 heterocycles. The van der Waals surface area contributed by atoms with Gasteiger partial charge in [0.05, 0.1) is 6.54 Å². The molecule has 104 valence electrons. The number of alkyl halides is 1. The fourth-order valence-corrected chi connectivity index (χ4v) is 1.65. The smallest absolute Gasteiger partial charge is 0.246 e. The maximum Gasteiger partial charge on any atom is 0.246 e. The molecule has 0 spiro atoms. The number of hydrogen-bond acceptors (Lipinski definition) is 1. The highest BCUT2D eigenvalue weighted by atomic mass is 19.1. The summed E-state index contributed by atoms with van der Waals surface area (Å²) in [5.41, 5.74) is -1.49. The minimum absolute atomic E-state index is 0.126. The van der Waals surface area contributed by atoms with Crippen molar-refractivity contribution in [2.45, 2.75) is 26.1 Å². The highest BCUT2D eigenvalue weighted by Crippen LogP contribution is 2.16. The van der Waals surface area contributed by atoms with E-state index in [1.165, 1.54) is 19.9 Å². The van der Waals surface area contributed by atoms with Gasteiger partial charge in [-0.3, -0.25) is 4.79 Å². The van der Waals surface area contributed by atoms with Gasteiger partial charge in [0.2, 0.25) is 5.91 Å². The third kappa shape index (κ3) is 4.77. The van der Waals surface area contributed by atoms with Crippen LogP contribution in [0.4, 0.5) is 13.2 Å². The van der Waals surface area contributed by atoms with E-state index in [1.54, 1.807) is 0 Å². The average Bonchev–Trinajstić information content (AvgIpc) is 2.29. The van der Waals surface area contributed by atoms with E-state index in [1.807, 2.05) is 0 Å². The molecule has 0 radical (unpaired) electrons. The van der Waals surface area contributed by atoms with Gasteiger partial charge in [0.25, 0.3) is 0 Å². The maximum absolute atomic E-state index is 13.6. The largest absolute Gasteiger partial charge is 0.332 e. The van der Waals surface area contributed by atoms with Crippen molar-refractivity contribution in [1.29, 1.82) is 0 Å². The Hall–Kier alpha value is -1.78. The Morgan fingerprint density at radius 2 is 2.05 bits per heavy atom. The predicted molar refractivity (Wildman–Crippen MR) is 67.2 cm³/mol. The number of amides is 1. The van der Waals surface area contributed by atoms with Crippen LogP contribution in [0.5, 0.6) is 0 Å². The van der Waals surface area contributed by atoms with E-state index < -0.39 is 23.2 Å². The van der Waals surface area contributed by atoms with Crippen LogP contribution in [0.2, 0.25) is 0 Å². The summed E-state index contributed by atoms with van der Waals surface area (Å²) in [5, 5.41) is 0. The van der Waals surface area contributed by atoms with Gasteiger partial charge in [-0.25, -0.2) is 13.2 Å². The number of hydrogen-bond donors (Lipinski definition) is 0. The summed E-state index contributed by atoms with van der Waals surface area (Å²) in [5.74, 6) is -1.97. The van der Waals surface area contributed by atoms with E-state index in [2.05, 4.69) is 6.58 Å². The Kier molecular flexibility index (Phi) is 4.75. The number of benzene rings is 1. The van der Waals surface area contributed by atoms with Crippen LogP contribution in [0.3, 0.4) is 0 Å². The molecule has 19 heavy (non-hydrogen) atoms. The highest BCUT2D eigenvalue weighted by Gasteiger charge is 2.23. The number of rotatable bonds is 5. The van der Waals surface area contributed by atoms with E-state index in [0.717, 1.165) is 23.1 Å². The van der Waals surface area contributed by atoms with Crippen LogP contribution in [-0.2, 0) is 11.3 Å². The second-order valence-corrected chi connectivity index (χ2v) is 4.85. The average molecular weight is 271 g/mol. The first-order chi connectivity index (χ1) is 8.73. The molecule has 0 atom stereocenters. The maximum atomic E-state index is 13.6. The molecule has 0 saturated heterocycles. The third-order valence-corrected chi connectivity index (χ3v) is 2.43. The van der Waals surface area contributed by atoms with E-state index in [4.69, 9.17) is 0 Å². The zero-order valence-corrected chi connectivity index (χ0v) is 10.9. The molecule has 0 bridgehead atoms. The molecule has 0 aromatic heterocycles. The van der Waals surface area contributed by atoms with Crippen LogP contribution in [-0.4, -0.2) is 23.0 Å². The van der Waals surface area contributed by atoms with Crippen molar-refractivity contribution in [3.8, 4) is 0 Å². The lowest BCUT2D eigenvalue weighted by Crippen LogP contribution is -2.39. The van der Waals surface area contributed by atoms with Crippen LogP contribution in [0, 0.1) is 11.6 Å². The number of carbonyl (C=O) groups is 1. The minimum Gasteiger partial charge on any atom is -0.332 e. The first-order valence-corrected chi connectivity index (χ1v) is 5.77. The van der Waals surface area contributed by atoms with Gasteiger partial charge in [0.15, 0.2) is 0 Å². The quantitative estimate of drug-likeness (QED) is 0.753. The lowest BCUT2D eigenvalue weighted by atomic mass is 10.1. The van der Waals surface area contributed by atoms with Gasteiger partial charge in [-0.15, -0.1) is 0 Å².